The molecule has 1 N–H and O–H groups in total. The Balaban J connectivity index is 1.13. The largest absolute Gasteiger partial charge is 0.350 e. The van der Waals surface area contributed by atoms with Gasteiger partial charge in [-0.1, -0.05) is 36.4 Å². The molecule has 2 aromatic rings. The number of carbonyl (C=O) groups is 2. The van der Waals surface area contributed by atoms with Gasteiger partial charge in [0.05, 0.1) is 0 Å². The number of thioether (sulfide) groups is 1. The second-order valence-electron chi connectivity index (χ2n) is 10.4. The SMILES string of the molecule is CSc1ccc(C[C@@]2(CCC(=O)N3CCN([C@H]4CCc5ccccc5C4)CC3)CCC(=O)N2)cc1. The molecule has 0 aromatic heterocycles. The molecule has 2 heterocycles. The molecule has 6 heteroatoms. The van der Waals surface area contributed by atoms with Crippen LogP contribution in [0.5, 0.6) is 0 Å². The Morgan fingerprint density at radius 1 is 1.03 bits per heavy atom. The van der Waals surface area contributed by atoms with Gasteiger partial charge < -0.3 is 10.2 Å². The van der Waals surface area contributed by atoms with Gasteiger partial charge in [-0.3, -0.25) is 14.5 Å². The molecule has 0 saturated carbocycles. The summed E-state index contributed by atoms with van der Waals surface area (Å²) in [7, 11) is 0. The first-order chi connectivity index (χ1) is 17.0. The van der Waals surface area contributed by atoms with E-state index in [1.807, 2.05) is 4.90 Å². The van der Waals surface area contributed by atoms with Crippen LogP contribution < -0.4 is 5.32 Å². The zero-order chi connectivity index (χ0) is 24.3. The summed E-state index contributed by atoms with van der Waals surface area (Å²) in [4.78, 5) is 31.2. The molecule has 0 radical (unpaired) electrons. The average Bonchev–Trinajstić information content (AvgIpc) is 3.27. The maximum atomic E-state index is 13.2. The van der Waals surface area contributed by atoms with Crippen LogP contribution in [0.4, 0.5) is 0 Å². The van der Waals surface area contributed by atoms with E-state index >= 15 is 0 Å². The number of nitrogens with one attached hydrogen (secondary N) is 1. The third-order valence-corrected chi connectivity index (χ3v) is 9.00. The highest BCUT2D eigenvalue weighted by molar-refractivity contribution is 7.98. The normalized spacial score (nSPS) is 24.8. The summed E-state index contributed by atoms with van der Waals surface area (Å²) in [5.41, 5.74) is 3.92. The molecule has 2 aliphatic heterocycles. The summed E-state index contributed by atoms with van der Waals surface area (Å²) in [6.07, 6.45) is 8.94. The minimum Gasteiger partial charge on any atom is -0.350 e. The second kappa shape index (κ2) is 10.8. The second-order valence-corrected chi connectivity index (χ2v) is 11.3. The fourth-order valence-electron chi connectivity index (χ4n) is 6.15. The van der Waals surface area contributed by atoms with Crippen molar-refractivity contribution in [1.29, 1.82) is 0 Å². The van der Waals surface area contributed by atoms with Gasteiger partial charge in [0.1, 0.15) is 0 Å². The third-order valence-electron chi connectivity index (χ3n) is 8.26. The highest BCUT2D eigenvalue weighted by Gasteiger charge is 2.38. The minimum absolute atomic E-state index is 0.112. The van der Waals surface area contributed by atoms with E-state index in [4.69, 9.17) is 0 Å². The zero-order valence-electron chi connectivity index (χ0n) is 20.8. The standard InChI is InChI=1S/C29H37N3O2S/c1-35-26-10-6-22(7-11-26)21-29(14-12-27(33)30-29)15-13-28(34)32-18-16-31(17-19-32)25-9-8-23-4-2-3-5-24(23)20-25/h2-7,10-11,25H,8-9,12-21H2,1H3,(H,30,33)/t25-,29-/m0/s1. The molecule has 1 aliphatic carbocycles. The van der Waals surface area contributed by atoms with Gasteiger partial charge >= 0.3 is 0 Å². The molecule has 2 saturated heterocycles. The number of benzene rings is 2. The first kappa shape index (κ1) is 24.4. The van der Waals surface area contributed by atoms with E-state index in [1.54, 1.807) is 11.8 Å². The molecule has 0 bridgehead atoms. The van der Waals surface area contributed by atoms with Crippen LogP contribution in [-0.4, -0.2) is 65.6 Å². The van der Waals surface area contributed by atoms with Crippen LogP contribution in [0.15, 0.2) is 53.4 Å². The average molecular weight is 492 g/mol. The fourth-order valence-corrected chi connectivity index (χ4v) is 6.56. The van der Waals surface area contributed by atoms with E-state index < -0.39 is 0 Å². The van der Waals surface area contributed by atoms with Crippen molar-refractivity contribution >= 4 is 23.6 Å². The van der Waals surface area contributed by atoms with E-state index in [9.17, 15) is 9.59 Å². The van der Waals surface area contributed by atoms with Crippen molar-refractivity contribution in [1.82, 2.24) is 15.1 Å². The lowest BCUT2D eigenvalue weighted by Gasteiger charge is -2.41. The Kier molecular flexibility index (Phi) is 7.49. The number of amides is 2. The van der Waals surface area contributed by atoms with Crippen molar-refractivity contribution in [3.63, 3.8) is 0 Å². The Morgan fingerprint density at radius 3 is 2.46 bits per heavy atom. The Bertz CT molecular complexity index is 1050. The number of hydrogen-bond donors (Lipinski definition) is 1. The first-order valence-corrected chi connectivity index (χ1v) is 14.3. The molecule has 0 unspecified atom stereocenters. The maximum absolute atomic E-state index is 13.2. The minimum atomic E-state index is -0.301. The number of rotatable bonds is 7. The van der Waals surface area contributed by atoms with E-state index in [0.29, 0.717) is 25.3 Å². The zero-order valence-corrected chi connectivity index (χ0v) is 21.6. The molecular formula is C29H37N3O2S. The van der Waals surface area contributed by atoms with E-state index in [1.165, 1.54) is 28.0 Å². The van der Waals surface area contributed by atoms with Crippen molar-refractivity contribution in [2.45, 2.75) is 67.8 Å². The van der Waals surface area contributed by atoms with Gasteiger partial charge in [-0.05, 0) is 73.6 Å². The topological polar surface area (TPSA) is 52.7 Å². The van der Waals surface area contributed by atoms with Crippen molar-refractivity contribution in [3.8, 4) is 0 Å². The van der Waals surface area contributed by atoms with E-state index in [2.05, 4.69) is 65.0 Å². The molecule has 0 spiro atoms. The predicted octanol–water partition coefficient (Wildman–Crippen LogP) is 4.08. The van der Waals surface area contributed by atoms with Gasteiger partial charge in [-0.15, -0.1) is 11.8 Å². The van der Waals surface area contributed by atoms with Crippen LogP contribution in [0, 0.1) is 0 Å². The third kappa shape index (κ3) is 5.75. The molecule has 35 heavy (non-hydrogen) atoms. The number of carbonyl (C=O) groups excluding carboxylic acids is 2. The van der Waals surface area contributed by atoms with Gasteiger partial charge in [-0.2, -0.15) is 0 Å². The number of hydrogen-bond acceptors (Lipinski definition) is 4. The van der Waals surface area contributed by atoms with Gasteiger partial charge in [0, 0.05) is 55.5 Å². The maximum Gasteiger partial charge on any atom is 0.222 e. The summed E-state index contributed by atoms with van der Waals surface area (Å²) < 4.78 is 0. The van der Waals surface area contributed by atoms with E-state index in [0.717, 1.165) is 51.9 Å². The Labute approximate surface area is 213 Å². The first-order valence-electron chi connectivity index (χ1n) is 13.1. The summed E-state index contributed by atoms with van der Waals surface area (Å²) in [5, 5.41) is 3.24. The van der Waals surface area contributed by atoms with Gasteiger partial charge in [0.25, 0.3) is 0 Å². The number of aryl methyl sites for hydroxylation is 1. The Hall–Kier alpha value is -2.31. The highest BCUT2D eigenvalue weighted by Crippen LogP contribution is 2.31. The van der Waals surface area contributed by atoms with Crippen LogP contribution in [0.1, 0.15) is 48.8 Å². The summed E-state index contributed by atoms with van der Waals surface area (Å²) >= 11 is 1.73. The lowest BCUT2D eigenvalue weighted by atomic mass is 9.85. The van der Waals surface area contributed by atoms with Crippen molar-refractivity contribution in [2.24, 2.45) is 0 Å². The van der Waals surface area contributed by atoms with Crippen LogP contribution in [0.3, 0.4) is 0 Å². The number of piperazine rings is 1. The number of fused-ring (bicyclic) bond motifs is 1. The van der Waals surface area contributed by atoms with Crippen LogP contribution in [0.25, 0.3) is 0 Å². The van der Waals surface area contributed by atoms with Crippen molar-refractivity contribution in [2.75, 3.05) is 32.4 Å². The number of nitrogens with zero attached hydrogens (tertiary/aromatic N) is 2. The van der Waals surface area contributed by atoms with Crippen LogP contribution in [-0.2, 0) is 28.9 Å². The summed E-state index contributed by atoms with van der Waals surface area (Å²) in [6, 6.07) is 18.0. The van der Waals surface area contributed by atoms with Crippen LogP contribution in [0.2, 0.25) is 0 Å². The van der Waals surface area contributed by atoms with Gasteiger partial charge in [0.2, 0.25) is 11.8 Å². The lowest BCUT2D eigenvalue weighted by molar-refractivity contribution is -0.134. The lowest BCUT2D eigenvalue weighted by Crippen LogP contribution is -2.53. The summed E-state index contributed by atoms with van der Waals surface area (Å²) in [5.74, 6) is 0.345. The van der Waals surface area contributed by atoms with Gasteiger partial charge in [0.15, 0.2) is 0 Å². The molecule has 2 fully saturated rings. The van der Waals surface area contributed by atoms with Crippen molar-refractivity contribution < 1.29 is 9.59 Å². The monoisotopic (exact) mass is 491 g/mol. The molecule has 5 rings (SSSR count). The molecular weight excluding hydrogens is 454 g/mol. The van der Waals surface area contributed by atoms with Crippen molar-refractivity contribution in [3.05, 3.63) is 65.2 Å². The molecule has 3 aliphatic rings. The molecule has 186 valence electrons. The quantitative estimate of drug-likeness (QED) is 0.593. The fraction of sp³-hybridized carbons (Fsp3) is 0.517. The molecule has 5 nitrogen and oxygen atoms in total. The Morgan fingerprint density at radius 2 is 1.77 bits per heavy atom. The van der Waals surface area contributed by atoms with Crippen LogP contribution >= 0.6 is 11.8 Å². The molecule has 2 amide bonds. The summed E-state index contributed by atoms with van der Waals surface area (Å²) in [6.45, 7) is 3.55. The molecule has 2 atom stereocenters. The highest BCUT2D eigenvalue weighted by atomic mass is 32.2. The predicted molar refractivity (Wildman–Crippen MR) is 142 cm³/mol. The van der Waals surface area contributed by atoms with Gasteiger partial charge in [-0.25, -0.2) is 0 Å². The smallest absolute Gasteiger partial charge is 0.222 e. The van der Waals surface area contributed by atoms with E-state index in [-0.39, 0.29) is 17.4 Å². The molecule has 2 aromatic carbocycles.